The van der Waals surface area contributed by atoms with Crippen LogP contribution in [-0.2, 0) is 6.61 Å². The van der Waals surface area contributed by atoms with Crippen molar-refractivity contribution in [1.29, 1.82) is 0 Å². The lowest BCUT2D eigenvalue weighted by Gasteiger charge is -2.07. The van der Waals surface area contributed by atoms with Crippen LogP contribution in [-0.4, -0.2) is 5.88 Å². The van der Waals surface area contributed by atoms with Crippen molar-refractivity contribution in [3.8, 4) is 17.6 Å². The van der Waals surface area contributed by atoms with Crippen LogP contribution < -0.4 is 4.74 Å². The summed E-state index contributed by atoms with van der Waals surface area (Å²) in [6, 6.07) is 7.01. The molecule has 5 heteroatoms. The maximum absolute atomic E-state index is 13.4. The Morgan fingerprint density at radius 2 is 1.57 bits per heavy atom. The molecule has 0 saturated heterocycles. The van der Waals surface area contributed by atoms with Gasteiger partial charge in [-0.05, 0) is 29.8 Å². The number of halogens is 4. The van der Waals surface area contributed by atoms with Crippen molar-refractivity contribution in [3.63, 3.8) is 0 Å². The predicted molar refractivity (Wildman–Crippen MR) is 74.7 cm³/mol. The van der Waals surface area contributed by atoms with Gasteiger partial charge >= 0.3 is 0 Å². The molecule has 0 unspecified atom stereocenters. The smallest absolute Gasteiger partial charge is 0.128 e. The van der Waals surface area contributed by atoms with Crippen molar-refractivity contribution in [2.75, 3.05) is 5.88 Å². The second-order valence-corrected chi connectivity index (χ2v) is 4.44. The van der Waals surface area contributed by atoms with Gasteiger partial charge in [0.05, 0.1) is 5.88 Å². The first-order chi connectivity index (χ1) is 10.1. The summed E-state index contributed by atoms with van der Waals surface area (Å²) in [5.74, 6) is 3.72. The predicted octanol–water partition coefficient (Wildman–Crippen LogP) is 4.27. The molecule has 0 heterocycles. The third kappa shape index (κ3) is 4.73. The summed E-state index contributed by atoms with van der Waals surface area (Å²) in [4.78, 5) is 0. The quantitative estimate of drug-likeness (QED) is 0.607. The summed E-state index contributed by atoms with van der Waals surface area (Å²) in [5, 5.41) is 0. The molecule has 0 aliphatic heterocycles. The van der Waals surface area contributed by atoms with Crippen molar-refractivity contribution in [1.82, 2.24) is 0 Å². The van der Waals surface area contributed by atoms with Crippen LogP contribution in [0.1, 0.15) is 11.1 Å². The summed E-state index contributed by atoms with van der Waals surface area (Å²) in [6.07, 6.45) is 0. The molecule has 0 N–H and O–H groups in total. The van der Waals surface area contributed by atoms with Crippen molar-refractivity contribution < 1.29 is 17.9 Å². The highest BCUT2D eigenvalue weighted by Gasteiger charge is 2.04. The van der Waals surface area contributed by atoms with Gasteiger partial charge in [-0.3, -0.25) is 0 Å². The van der Waals surface area contributed by atoms with Crippen LogP contribution in [0.4, 0.5) is 13.2 Å². The Morgan fingerprint density at radius 1 is 0.905 bits per heavy atom. The Morgan fingerprint density at radius 3 is 2.24 bits per heavy atom. The molecule has 0 fully saturated rings. The molecule has 0 saturated carbocycles. The fourth-order valence-electron chi connectivity index (χ4n) is 1.71. The molecule has 0 aliphatic rings. The van der Waals surface area contributed by atoms with Crippen molar-refractivity contribution >= 4 is 11.6 Å². The third-order valence-corrected chi connectivity index (χ3v) is 2.63. The van der Waals surface area contributed by atoms with E-state index in [1.54, 1.807) is 0 Å². The van der Waals surface area contributed by atoms with Crippen molar-refractivity contribution in [3.05, 3.63) is 65.0 Å². The van der Waals surface area contributed by atoms with Crippen LogP contribution in [0.25, 0.3) is 0 Å². The minimum Gasteiger partial charge on any atom is -0.489 e. The zero-order valence-electron chi connectivity index (χ0n) is 10.8. The van der Waals surface area contributed by atoms with Gasteiger partial charge in [-0.25, -0.2) is 13.2 Å². The molecule has 0 aromatic heterocycles. The Kier molecular flexibility index (Phi) is 5.13. The number of hydrogen-bond acceptors (Lipinski definition) is 1. The highest BCUT2D eigenvalue weighted by atomic mass is 35.5. The number of ether oxygens (including phenoxy) is 1. The molecule has 2 rings (SSSR count). The molecule has 0 radical (unpaired) electrons. The van der Waals surface area contributed by atoms with Crippen LogP contribution >= 0.6 is 11.6 Å². The SMILES string of the molecule is Fc1cc(F)cc(COc2cc(F)cc(C#CCCl)c2)c1. The normalized spacial score (nSPS) is 9.90. The van der Waals surface area contributed by atoms with Gasteiger partial charge in [-0.15, -0.1) is 11.6 Å². The minimum absolute atomic E-state index is 0.0828. The van der Waals surface area contributed by atoms with E-state index in [1.807, 2.05) is 0 Å². The first-order valence-electron chi connectivity index (χ1n) is 6.00. The molecule has 0 atom stereocenters. The van der Waals surface area contributed by atoms with E-state index in [9.17, 15) is 13.2 Å². The summed E-state index contributed by atoms with van der Waals surface area (Å²) in [6.45, 7) is -0.0828. The molecule has 2 aromatic carbocycles. The molecule has 0 spiro atoms. The van der Waals surface area contributed by atoms with Gasteiger partial charge in [0.2, 0.25) is 0 Å². The summed E-state index contributed by atoms with van der Waals surface area (Å²) >= 11 is 5.43. The van der Waals surface area contributed by atoms with E-state index in [-0.39, 0.29) is 18.2 Å². The first kappa shape index (κ1) is 15.3. The van der Waals surface area contributed by atoms with Gasteiger partial charge in [0.25, 0.3) is 0 Å². The van der Waals surface area contributed by atoms with E-state index in [2.05, 4.69) is 11.8 Å². The average molecular weight is 311 g/mol. The minimum atomic E-state index is -0.693. The Balaban J connectivity index is 2.14. The summed E-state index contributed by atoms with van der Waals surface area (Å²) in [7, 11) is 0. The number of hydrogen-bond donors (Lipinski definition) is 0. The number of benzene rings is 2. The summed E-state index contributed by atoms with van der Waals surface area (Å²) < 4.78 is 44.8. The van der Waals surface area contributed by atoms with Gasteiger partial charge < -0.3 is 4.74 Å². The average Bonchev–Trinajstić information content (AvgIpc) is 2.41. The van der Waals surface area contributed by atoms with Crippen LogP contribution in [0.3, 0.4) is 0 Å². The van der Waals surface area contributed by atoms with Crippen molar-refractivity contribution in [2.24, 2.45) is 0 Å². The van der Waals surface area contributed by atoms with E-state index in [0.717, 1.165) is 18.2 Å². The highest BCUT2D eigenvalue weighted by molar-refractivity contribution is 6.19. The second-order valence-electron chi connectivity index (χ2n) is 4.18. The van der Waals surface area contributed by atoms with Crippen LogP contribution in [0.2, 0.25) is 0 Å². The molecule has 108 valence electrons. The van der Waals surface area contributed by atoms with Crippen LogP contribution in [0.15, 0.2) is 36.4 Å². The van der Waals surface area contributed by atoms with E-state index < -0.39 is 17.5 Å². The summed E-state index contributed by atoms with van der Waals surface area (Å²) in [5.41, 5.74) is 0.723. The monoisotopic (exact) mass is 310 g/mol. The van der Waals surface area contributed by atoms with Gasteiger partial charge in [-0.2, -0.15) is 0 Å². The lowest BCUT2D eigenvalue weighted by molar-refractivity contribution is 0.303. The zero-order chi connectivity index (χ0) is 15.2. The van der Waals surface area contributed by atoms with Gasteiger partial charge in [-0.1, -0.05) is 11.8 Å². The van der Waals surface area contributed by atoms with Crippen LogP contribution in [0, 0.1) is 29.3 Å². The molecule has 1 nitrogen and oxygen atoms in total. The fraction of sp³-hybridized carbons (Fsp3) is 0.125. The number of alkyl halides is 1. The van der Waals surface area contributed by atoms with Gasteiger partial charge in [0.15, 0.2) is 0 Å². The van der Waals surface area contributed by atoms with Crippen LogP contribution in [0.5, 0.6) is 5.75 Å². The highest BCUT2D eigenvalue weighted by Crippen LogP contribution is 2.18. The maximum atomic E-state index is 13.4. The van der Waals surface area contributed by atoms with E-state index in [4.69, 9.17) is 16.3 Å². The molecule has 2 aromatic rings. The Labute approximate surface area is 125 Å². The largest absolute Gasteiger partial charge is 0.489 e. The zero-order valence-corrected chi connectivity index (χ0v) is 11.6. The molecule has 0 aliphatic carbocycles. The third-order valence-electron chi connectivity index (χ3n) is 2.50. The Bertz CT molecular complexity index is 684. The molecular weight excluding hydrogens is 301 g/mol. The fourth-order valence-corrected chi connectivity index (χ4v) is 1.78. The standard InChI is InChI=1S/C16H10ClF3O/c17-3-1-2-11-4-15(20)9-16(7-11)21-10-12-5-13(18)8-14(19)6-12/h4-9H,3,10H2. The second kappa shape index (κ2) is 7.05. The van der Waals surface area contributed by atoms with E-state index in [0.29, 0.717) is 11.1 Å². The topological polar surface area (TPSA) is 9.23 Å². The molecule has 0 bridgehead atoms. The molecule has 0 amide bonds. The number of rotatable bonds is 3. The van der Waals surface area contributed by atoms with Crippen molar-refractivity contribution in [2.45, 2.75) is 6.61 Å². The maximum Gasteiger partial charge on any atom is 0.128 e. The first-order valence-corrected chi connectivity index (χ1v) is 6.53. The lowest BCUT2D eigenvalue weighted by Crippen LogP contribution is -1.98. The molecule has 21 heavy (non-hydrogen) atoms. The van der Waals surface area contributed by atoms with E-state index in [1.165, 1.54) is 18.2 Å². The Hall–Kier alpha value is -2.12. The van der Waals surface area contributed by atoms with Gasteiger partial charge in [0.1, 0.15) is 29.8 Å². The molecular formula is C16H10ClF3O. The lowest BCUT2D eigenvalue weighted by atomic mass is 10.2. The van der Waals surface area contributed by atoms with E-state index >= 15 is 0 Å². The van der Waals surface area contributed by atoms with Gasteiger partial charge in [0, 0.05) is 17.7 Å².